The van der Waals surface area contributed by atoms with Gasteiger partial charge in [0.15, 0.2) is 0 Å². The highest BCUT2D eigenvalue weighted by atomic mass is 16.5. The summed E-state index contributed by atoms with van der Waals surface area (Å²) in [5.74, 6) is 0.872. The number of allylic oxidation sites excluding steroid dienone is 1. The van der Waals surface area contributed by atoms with Gasteiger partial charge in [0.2, 0.25) is 0 Å². The summed E-state index contributed by atoms with van der Waals surface area (Å²) < 4.78 is 6.59. The molecule has 2 aromatic carbocycles. The van der Waals surface area contributed by atoms with Crippen molar-refractivity contribution >= 4 is 11.8 Å². The van der Waals surface area contributed by atoms with Crippen LogP contribution >= 0.6 is 0 Å². The van der Waals surface area contributed by atoms with Crippen molar-refractivity contribution in [2.24, 2.45) is 5.92 Å². The number of phenolic OH excluding ortho intramolecular Hbond substituents is 1. The van der Waals surface area contributed by atoms with Gasteiger partial charge in [-0.1, -0.05) is 70.2 Å². The molecule has 2 aliphatic heterocycles. The maximum atomic E-state index is 13.0. The Labute approximate surface area is 226 Å². The minimum atomic E-state index is -0.397. The summed E-state index contributed by atoms with van der Waals surface area (Å²) in [6, 6.07) is 11.1. The number of hydrogen-bond acceptors (Lipinski definition) is 4. The standard InChI is InChI=1S/C33H41NO4/c1-6-7-8-11-16-32(2,3)22-18-27(35)29-25-17-21(14-15-26(25)33(4,5)38-28(29)19-22)20-34-30(36)23-12-9-10-13-24(23)31(34)37/h9-10,12-14,18-19,25-26,35H,6-8,11,15-17,20H2,1-5H3/t25-,26-/m0/s1. The number of rotatable bonds is 8. The number of amides is 2. The molecular formula is C33H41NO4. The number of hydrogen-bond donors (Lipinski definition) is 1. The topological polar surface area (TPSA) is 66.8 Å². The number of imide groups is 1. The first-order valence-electron chi connectivity index (χ1n) is 14.2. The quantitative estimate of drug-likeness (QED) is 0.224. The number of nitrogens with zero attached hydrogens (tertiary/aromatic N) is 1. The van der Waals surface area contributed by atoms with Crippen molar-refractivity contribution in [3.63, 3.8) is 0 Å². The van der Waals surface area contributed by atoms with Gasteiger partial charge in [0.1, 0.15) is 17.1 Å². The zero-order chi connectivity index (χ0) is 27.2. The van der Waals surface area contributed by atoms with E-state index in [1.165, 1.54) is 30.6 Å². The SMILES string of the molecule is CCCCCCC(C)(C)c1cc(O)c2c(c1)OC(C)(C)[C@H]1CC=C(CN3C(=O)c4ccccc4C3=O)C[C@H]21. The average Bonchev–Trinajstić information content (AvgIpc) is 3.11. The monoisotopic (exact) mass is 515 g/mol. The second kappa shape index (κ2) is 9.91. The predicted molar refractivity (Wildman–Crippen MR) is 150 cm³/mol. The van der Waals surface area contributed by atoms with Crippen LogP contribution in [0.15, 0.2) is 48.0 Å². The molecule has 0 fully saturated rings. The number of aromatic hydroxyl groups is 1. The Hall–Kier alpha value is -3.08. The Balaban J connectivity index is 1.40. The Bertz CT molecular complexity index is 1250. The van der Waals surface area contributed by atoms with Crippen LogP contribution in [0.2, 0.25) is 0 Å². The molecule has 2 amide bonds. The smallest absolute Gasteiger partial charge is 0.261 e. The highest BCUT2D eigenvalue weighted by molar-refractivity contribution is 6.21. The fraction of sp³-hybridized carbons (Fsp3) is 0.515. The minimum absolute atomic E-state index is 0.0608. The number of unbranched alkanes of at least 4 members (excludes halogenated alkanes) is 3. The van der Waals surface area contributed by atoms with Crippen molar-refractivity contribution in [3.8, 4) is 11.5 Å². The molecule has 5 nitrogen and oxygen atoms in total. The molecule has 2 atom stereocenters. The molecule has 1 aliphatic carbocycles. The second-order valence-corrected chi connectivity index (χ2v) is 12.6. The summed E-state index contributed by atoms with van der Waals surface area (Å²) in [6.45, 7) is 11.3. The molecule has 2 aromatic rings. The lowest BCUT2D eigenvalue weighted by Gasteiger charge is -2.47. The lowest BCUT2D eigenvalue weighted by Crippen LogP contribution is -2.46. The molecule has 0 saturated heterocycles. The number of carbonyl (C=O) groups is 2. The van der Waals surface area contributed by atoms with Crippen LogP contribution in [0.1, 0.15) is 117 Å². The zero-order valence-electron chi connectivity index (χ0n) is 23.5. The van der Waals surface area contributed by atoms with Crippen LogP contribution in [0.4, 0.5) is 0 Å². The van der Waals surface area contributed by atoms with E-state index in [0.717, 1.165) is 35.3 Å². The number of phenols is 1. The summed E-state index contributed by atoms with van der Waals surface area (Å²) in [6.07, 6.45) is 9.57. The van der Waals surface area contributed by atoms with Gasteiger partial charge < -0.3 is 9.84 Å². The summed E-state index contributed by atoms with van der Waals surface area (Å²) in [5, 5.41) is 11.4. The molecule has 0 aromatic heterocycles. The van der Waals surface area contributed by atoms with Crippen molar-refractivity contribution in [1.82, 2.24) is 4.90 Å². The Kier molecular flexibility index (Phi) is 6.91. The second-order valence-electron chi connectivity index (χ2n) is 12.6. The molecule has 0 spiro atoms. The first-order valence-corrected chi connectivity index (χ1v) is 14.2. The van der Waals surface area contributed by atoms with E-state index >= 15 is 0 Å². The van der Waals surface area contributed by atoms with Gasteiger partial charge in [0, 0.05) is 17.4 Å². The van der Waals surface area contributed by atoms with E-state index in [1.807, 2.05) is 6.07 Å². The third-order valence-corrected chi connectivity index (χ3v) is 9.06. The fourth-order valence-electron chi connectivity index (χ4n) is 6.71. The van der Waals surface area contributed by atoms with E-state index in [0.29, 0.717) is 23.3 Å². The highest BCUT2D eigenvalue weighted by Gasteiger charge is 2.47. The summed E-state index contributed by atoms with van der Waals surface area (Å²) >= 11 is 0. The third-order valence-electron chi connectivity index (χ3n) is 9.06. The van der Waals surface area contributed by atoms with Crippen molar-refractivity contribution in [2.75, 3.05) is 6.54 Å². The molecular weight excluding hydrogens is 474 g/mol. The van der Waals surface area contributed by atoms with E-state index in [1.54, 1.807) is 24.3 Å². The molecule has 0 radical (unpaired) electrons. The predicted octanol–water partition coefficient (Wildman–Crippen LogP) is 7.53. The van der Waals surface area contributed by atoms with Crippen LogP contribution in [-0.2, 0) is 5.41 Å². The first kappa shape index (κ1) is 26.5. The minimum Gasteiger partial charge on any atom is -0.508 e. The van der Waals surface area contributed by atoms with Gasteiger partial charge in [-0.05, 0) is 68.4 Å². The largest absolute Gasteiger partial charge is 0.508 e. The van der Waals surface area contributed by atoms with Gasteiger partial charge in [-0.2, -0.15) is 0 Å². The van der Waals surface area contributed by atoms with Crippen molar-refractivity contribution in [3.05, 3.63) is 70.3 Å². The van der Waals surface area contributed by atoms with Gasteiger partial charge in [0.25, 0.3) is 11.8 Å². The Morgan fingerprint density at radius 3 is 2.39 bits per heavy atom. The molecule has 0 saturated carbocycles. The summed E-state index contributed by atoms with van der Waals surface area (Å²) in [5.41, 5.74) is 3.53. The van der Waals surface area contributed by atoms with Crippen molar-refractivity contribution < 1.29 is 19.4 Å². The van der Waals surface area contributed by atoms with E-state index in [-0.39, 0.29) is 35.6 Å². The summed E-state index contributed by atoms with van der Waals surface area (Å²) in [7, 11) is 0. The molecule has 5 rings (SSSR count). The van der Waals surface area contributed by atoms with Crippen LogP contribution in [-0.4, -0.2) is 34.0 Å². The highest BCUT2D eigenvalue weighted by Crippen LogP contribution is 2.55. The molecule has 3 aliphatic rings. The molecule has 0 bridgehead atoms. The molecule has 2 heterocycles. The Morgan fingerprint density at radius 2 is 1.74 bits per heavy atom. The lowest BCUT2D eigenvalue weighted by molar-refractivity contribution is 0.00683. The maximum Gasteiger partial charge on any atom is 0.261 e. The van der Waals surface area contributed by atoms with E-state index in [9.17, 15) is 14.7 Å². The van der Waals surface area contributed by atoms with Crippen LogP contribution < -0.4 is 4.74 Å². The van der Waals surface area contributed by atoms with Gasteiger partial charge in [-0.3, -0.25) is 14.5 Å². The van der Waals surface area contributed by atoms with Crippen molar-refractivity contribution in [1.29, 1.82) is 0 Å². The maximum absolute atomic E-state index is 13.0. The normalized spacial score (nSPS) is 21.9. The number of ether oxygens (including phenoxy) is 1. The molecule has 38 heavy (non-hydrogen) atoms. The molecule has 0 unspecified atom stereocenters. The summed E-state index contributed by atoms with van der Waals surface area (Å²) in [4.78, 5) is 27.3. The van der Waals surface area contributed by atoms with Gasteiger partial charge in [-0.15, -0.1) is 0 Å². The van der Waals surface area contributed by atoms with Crippen LogP contribution in [0, 0.1) is 5.92 Å². The average molecular weight is 516 g/mol. The fourth-order valence-corrected chi connectivity index (χ4v) is 6.71. The number of benzene rings is 2. The number of fused-ring (bicyclic) bond motifs is 4. The van der Waals surface area contributed by atoms with E-state index in [4.69, 9.17) is 4.74 Å². The molecule has 5 heteroatoms. The van der Waals surface area contributed by atoms with Crippen LogP contribution in [0.5, 0.6) is 11.5 Å². The third kappa shape index (κ3) is 4.65. The van der Waals surface area contributed by atoms with Gasteiger partial charge in [-0.25, -0.2) is 0 Å². The zero-order valence-corrected chi connectivity index (χ0v) is 23.5. The lowest BCUT2D eigenvalue weighted by atomic mass is 9.66. The van der Waals surface area contributed by atoms with Crippen molar-refractivity contribution in [2.45, 2.75) is 96.5 Å². The first-order chi connectivity index (χ1) is 18.0. The van der Waals surface area contributed by atoms with Crippen LogP contribution in [0.25, 0.3) is 0 Å². The van der Waals surface area contributed by atoms with E-state index in [2.05, 4.69) is 46.8 Å². The Morgan fingerprint density at radius 1 is 1.05 bits per heavy atom. The molecule has 202 valence electrons. The van der Waals surface area contributed by atoms with Gasteiger partial charge >= 0.3 is 0 Å². The van der Waals surface area contributed by atoms with Crippen LogP contribution in [0.3, 0.4) is 0 Å². The van der Waals surface area contributed by atoms with E-state index < -0.39 is 5.60 Å². The molecule has 1 N–H and O–H groups in total. The number of carbonyl (C=O) groups excluding carboxylic acids is 2. The van der Waals surface area contributed by atoms with Gasteiger partial charge in [0.05, 0.1) is 17.7 Å².